The van der Waals surface area contributed by atoms with E-state index in [1.807, 2.05) is 39.0 Å². The summed E-state index contributed by atoms with van der Waals surface area (Å²) in [6.45, 7) is 11.5. The first-order valence-corrected chi connectivity index (χ1v) is 13.7. The van der Waals surface area contributed by atoms with Gasteiger partial charge < -0.3 is 16.0 Å². The second kappa shape index (κ2) is 12.8. The van der Waals surface area contributed by atoms with Crippen LogP contribution in [-0.4, -0.2) is 50.8 Å². The molecule has 0 aliphatic heterocycles. The molecule has 0 bridgehead atoms. The molecule has 0 aliphatic rings. The molecule has 202 valence electrons. The van der Waals surface area contributed by atoms with Gasteiger partial charge in [0.05, 0.1) is 11.3 Å². The summed E-state index contributed by atoms with van der Waals surface area (Å²) < 4.78 is 28.1. The van der Waals surface area contributed by atoms with Gasteiger partial charge in [-0.2, -0.15) is 4.72 Å². The zero-order chi connectivity index (χ0) is 27.8. The second-order valence-corrected chi connectivity index (χ2v) is 12.0. The molecule has 0 heterocycles. The molecule has 0 aromatic heterocycles. The number of carbonyl (C=O) groups excluding carboxylic acids is 3. The molecule has 0 saturated heterocycles. The average Bonchev–Trinajstić information content (AvgIpc) is 2.80. The molecule has 10 heteroatoms. The van der Waals surface area contributed by atoms with Crippen LogP contribution in [0.2, 0.25) is 0 Å². The molecule has 37 heavy (non-hydrogen) atoms. The van der Waals surface area contributed by atoms with Gasteiger partial charge in [0.25, 0.3) is 5.91 Å². The summed E-state index contributed by atoms with van der Waals surface area (Å²) in [6.07, 6.45) is -0.386. The molecule has 1 atom stereocenters. The molecule has 3 amide bonds. The van der Waals surface area contributed by atoms with E-state index in [4.69, 9.17) is 0 Å². The van der Waals surface area contributed by atoms with E-state index in [9.17, 15) is 22.8 Å². The summed E-state index contributed by atoms with van der Waals surface area (Å²) in [5.41, 5.74) is 1.89. The number of sulfonamides is 1. The highest BCUT2D eigenvalue weighted by Gasteiger charge is 2.29. The van der Waals surface area contributed by atoms with Crippen molar-refractivity contribution in [3.63, 3.8) is 0 Å². The van der Waals surface area contributed by atoms with Gasteiger partial charge in [0.1, 0.15) is 6.04 Å². The Morgan fingerprint density at radius 3 is 2.14 bits per heavy atom. The van der Waals surface area contributed by atoms with E-state index in [-0.39, 0.29) is 36.2 Å². The fourth-order valence-corrected chi connectivity index (χ4v) is 4.64. The predicted octanol–water partition coefficient (Wildman–Crippen LogP) is 2.62. The van der Waals surface area contributed by atoms with Crippen LogP contribution in [0.15, 0.2) is 53.4 Å². The second-order valence-electron chi connectivity index (χ2n) is 10.3. The molecular weight excluding hydrogens is 492 g/mol. The number of aryl methyl sites for hydroxylation is 1. The number of benzene rings is 2. The molecule has 0 fully saturated rings. The Balaban J connectivity index is 2.04. The molecule has 2 aromatic carbocycles. The van der Waals surface area contributed by atoms with Gasteiger partial charge in [-0.15, -0.1) is 0 Å². The number of nitrogens with one attached hydrogen (secondary N) is 4. The zero-order valence-corrected chi connectivity index (χ0v) is 23.2. The van der Waals surface area contributed by atoms with Gasteiger partial charge in [0, 0.05) is 24.2 Å². The molecule has 0 radical (unpaired) electrons. The van der Waals surface area contributed by atoms with Crippen molar-refractivity contribution in [2.45, 2.75) is 70.4 Å². The Morgan fingerprint density at radius 1 is 0.919 bits per heavy atom. The van der Waals surface area contributed by atoms with Gasteiger partial charge in [-0.1, -0.05) is 43.7 Å². The van der Waals surface area contributed by atoms with Crippen LogP contribution in [0.4, 0.5) is 0 Å². The van der Waals surface area contributed by atoms with Crippen LogP contribution in [0.1, 0.15) is 68.4 Å². The number of amides is 3. The highest BCUT2D eigenvalue weighted by atomic mass is 32.2. The third-order valence-electron chi connectivity index (χ3n) is 5.37. The maximum absolute atomic E-state index is 12.9. The van der Waals surface area contributed by atoms with Crippen molar-refractivity contribution in [3.05, 3.63) is 65.2 Å². The number of rotatable bonds is 11. The quantitative estimate of drug-likeness (QED) is 0.332. The van der Waals surface area contributed by atoms with Gasteiger partial charge in [-0.25, -0.2) is 8.42 Å². The molecular formula is C27H38N4O5S. The van der Waals surface area contributed by atoms with Gasteiger partial charge in [-0.05, 0) is 63.4 Å². The van der Waals surface area contributed by atoms with Crippen LogP contribution in [0.5, 0.6) is 0 Å². The third kappa shape index (κ3) is 9.97. The van der Waals surface area contributed by atoms with Gasteiger partial charge >= 0.3 is 0 Å². The van der Waals surface area contributed by atoms with Gasteiger partial charge in [-0.3, -0.25) is 14.4 Å². The lowest BCUT2D eigenvalue weighted by molar-refractivity contribution is -0.128. The summed E-state index contributed by atoms with van der Waals surface area (Å²) >= 11 is 0. The van der Waals surface area contributed by atoms with Gasteiger partial charge in [0.15, 0.2) is 0 Å². The third-order valence-corrected chi connectivity index (χ3v) is 6.86. The van der Waals surface area contributed by atoms with Crippen LogP contribution >= 0.6 is 0 Å². The van der Waals surface area contributed by atoms with E-state index in [1.54, 1.807) is 39.0 Å². The van der Waals surface area contributed by atoms with E-state index in [2.05, 4.69) is 20.7 Å². The highest BCUT2D eigenvalue weighted by Crippen LogP contribution is 2.15. The maximum atomic E-state index is 12.9. The van der Waals surface area contributed by atoms with Crippen molar-refractivity contribution < 1.29 is 22.8 Å². The molecule has 2 aromatic rings. The van der Waals surface area contributed by atoms with Crippen molar-refractivity contribution >= 4 is 27.7 Å². The summed E-state index contributed by atoms with van der Waals surface area (Å²) in [6, 6.07) is 12.1. The largest absolute Gasteiger partial charge is 0.353 e. The summed E-state index contributed by atoms with van der Waals surface area (Å²) in [5, 5.41) is 8.09. The van der Waals surface area contributed by atoms with Crippen molar-refractivity contribution in [2.75, 3.05) is 13.1 Å². The Bertz CT molecular complexity index is 1200. The van der Waals surface area contributed by atoms with Crippen molar-refractivity contribution in [2.24, 2.45) is 0 Å². The monoisotopic (exact) mass is 530 g/mol. The van der Waals surface area contributed by atoms with E-state index in [0.717, 1.165) is 11.1 Å². The van der Waals surface area contributed by atoms with E-state index >= 15 is 0 Å². The fraction of sp³-hybridized carbons (Fsp3) is 0.444. The average molecular weight is 531 g/mol. The Kier molecular flexibility index (Phi) is 10.4. The van der Waals surface area contributed by atoms with Gasteiger partial charge in [0.2, 0.25) is 21.8 Å². The molecule has 0 aliphatic carbocycles. The zero-order valence-electron chi connectivity index (χ0n) is 22.3. The van der Waals surface area contributed by atoms with Crippen molar-refractivity contribution in [1.82, 2.24) is 20.7 Å². The van der Waals surface area contributed by atoms with E-state index in [1.165, 1.54) is 12.1 Å². The van der Waals surface area contributed by atoms with Crippen LogP contribution in [-0.2, 0) is 19.6 Å². The van der Waals surface area contributed by atoms with Crippen LogP contribution in [0.25, 0.3) is 0 Å². The van der Waals surface area contributed by atoms with E-state index < -0.39 is 33.4 Å². The minimum atomic E-state index is -4.06. The number of hydrogen-bond acceptors (Lipinski definition) is 5. The molecule has 9 nitrogen and oxygen atoms in total. The number of hydrogen-bond donors (Lipinski definition) is 4. The normalized spacial score (nSPS) is 12.6. The topological polar surface area (TPSA) is 133 Å². The maximum Gasteiger partial charge on any atom is 0.251 e. The standard InChI is InChI=1S/C27H38N4O5S/c1-18(2)20-8-7-9-21(16-20)25(33)28-14-15-29-26(34)23(17-24(32)30-27(4,5)6)31-37(35,36)22-12-10-19(3)11-13-22/h7-13,16,18,23,31H,14-15,17H2,1-6H3,(H,28,33)(H,29,34)(H,30,32)/t23-/m0/s1. The van der Waals surface area contributed by atoms with E-state index in [0.29, 0.717) is 5.56 Å². The van der Waals surface area contributed by atoms with Crippen molar-refractivity contribution in [1.29, 1.82) is 0 Å². The Morgan fingerprint density at radius 2 is 1.54 bits per heavy atom. The summed E-state index contributed by atoms with van der Waals surface area (Å²) in [7, 11) is -4.06. The van der Waals surface area contributed by atoms with Crippen molar-refractivity contribution in [3.8, 4) is 0 Å². The minimum Gasteiger partial charge on any atom is -0.353 e. The summed E-state index contributed by atoms with van der Waals surface area (Å²) in [4.78, 5) is 37.9. The van der Waals surface area contributed by atoms with Crippen LogP contribution in [0, 0.1) is 6.92 Å². The number of carbonyl (C=O) groups is 3. The fourth-order valence-electron chi connectivity index (χ4n) is 3.44. The smallest absolute Gasteiger partial charge is 0.251 e. The Hall–Kier alpha value is -3.24. The molecule has 0 saturated carbocycles. The molecule has 0 unspecified atom stereocenters. The minimum absolute atomic E-state index is 0.0111. The predicted molar refractivity (Wildman–Crippen MR) is 144 cm³/mol. The SMILES string of the molecule is Cc1ccc(S(=O)(=O)N[C@@H](CC(=O)NC(C)(C)C)C(=O)NCCNC(=O)c2cccc(C(C)C)c2)cc1. The highest BCUT2D eigenvalue weighted by molar-refractivity contribution is 7.89. The lowest BCUT2D eigenvalue weighted by Gasteiger charge is -2.23. The lowest BCUT2D eigenvalue weighted by Crippen LogP contribution is -2.51. The first-order chi connectivity index (χ1) is 17.2. The lowest BCUT2D eigenvalue weighted by atomic mass is 10.0. The first kappa shape index (κ1) is 30.0. The molecule has 4 N–H and O–H groups in total. The Labute approximate surface area is 219 Å². The van der Waals surface area contributed by atoms with Crippen LogP contribution in [0.3, 0.4) is 0 Å². The molecule has 0 spiro atoms. The van der Waals surface area contributed by atoms with Crippen LogP contribution < -0.4 is 20.7 Å². The first-order valence-electron chi connectivity index (χ1n) is 12.2. The molecule has 2 rings (SSSR count). The summed E-state index contributed by atoms with van der Waals surface area (Å²) in [5.74, 6) is -1.14.